The number of hydrogen-bond donors (Lipinski definition) is 2. The average Bonchev–Trinajstić information content (AvgIpc) is 2.56. The second-order valence-electron chi connectivity index (χ2n) is 2.31. The molecule has 1 aliphatic heterocycles. The van der Waals surface area contributed by atoms with Gasteiger partial charge in [-0.25, -0.2) is 0 Å². The summed E-state index contributed by atoms with van der Waals surface area (Å²) in [5, 5.41) is 8.85. The second-order valence-corrected chi connectivity index (χ2v) is 2.31. The summed E-state index contributed by atoms with van der Waals surface area (Å²) in [7, 11) is 0. The van der Waals surface area contributed by atoms with Gasteiger partial charge in [0.15, 0.2) is 6.23 Å². The molecule has 2 unspecified atom stereocenters. The molecule has 2 atom stereocenters. The lowest BCUT2D eigenvalue weighted by Crippen LogP contribution is -2.34. The topological polar surface area (TPSA) is 68.0 Å². The van der Waals surface area contributed by atoms with E-state index in [9.17, 15) is 0 Å². The van der Waals surface area contributed by atoms with Gasteiger partial charge in [-0.1, -0.05) is 27.0 Å². The number of aliphatic hydroxyl groups excluding tert-OH is 1. The fraction of sp³-hybridized carbons (Fsp3) is 0.556. The molecule has 0 spiro atoms. The predicted molar refractivity (Wildman–Crippen MR) is 53.5 cm³/mol. The summed E-state index contributed by atoms with van der Waals surface area (Å²) in [5.41, 5.74) is 5.42. The minimum atomic E-state index is -1.18. The minimum Gasteiger partial charge on any atom is -0.386 e. The molecule has 0 radical (unpaired) electrons. The zero-order chi connectivity index (χ0) is 11.1. The van der Waals surface area contributed by atoms with Gasteiger partial charge in [0.05, 0.1) is 12.4 Å². The van der Waals surface area contributed by atoms with E-state index in [1.165, 1.54) is 11.1 Å². The zero-order valence-corrected chi connectivity index (χ0v) is 8.64. The van der Waals surface area contributed by atoms with Gasteiger partial charge in [-0.2, -0.15) is 0 Å². The van der Waals surface area contributed by atoms with E-state index in [4.69, 9.17) is 20.3 Å². The third-order valence-corrected chi connectivity index (χ3v) is 1.49. The van der Waals surface area contributed by atoms with Crippen molar-refractivity contribution in [3.63, 3.8) is 0 Å². The van der Waals surface area contributed by atoms with Crippen molar-refractivity contribution in [2.45, 2.75) is 26.6 Å². The molecule has 1 heterocycles. The molecule has 82 valence electrons. The van der Waals surface area contributed by atoms with Gasteiger partial charge in [0.2, 0.25) is 0 Å². The molecule has 14 heavy (non-hydrogen) atoms. The Balaban J connectivity index is 0.000000791. The number of nitrogens with two attached hydrogens (primary N) is 1. The molecule has 0 aromatic rings. The van der Waals surface area contributed by atoms with Crippen LogP contribution in [0.2, 0.25) is 0 Å². The van der Waals surface area contributed by atoms with Crippen LogP contribution >= 0.6 is 0 Å². The van der Waals surface area contributed by atoms with Crippen LogP contribution in [0.15, 0.2) is 25.2 Å². The molecule has 0 bridgehead atoms. The van der Waals surface area contributed by atoms with Crippen molar-refractivity contribution in [2.75, 3.05) is 6.61 Å². The molecule has 1 rings (SSSR count). The third kappa shape index (κ3) is 3.37. The lowest BCUT2D eigenvalue weighted by atomic mass is 10.5. The van der Waals surface area contributed by atoms with E-state index in [1.54, 1.807) is 0 Å². The number of aliphatic hydroxyl groups is 1. The van der Waals surface area contributed by atoms with Gasteiger partial charge in [-0.15, -0.1) is 0 Å². The van der Waals surface area contributed by atoms with Crippen LogP contribution in [0.5, 0.6) is 0 Å². The molecule has 3 N–H and O–H groups in total. The van der Waals surface area contributed by atoms with E-state index in [0.29, 0.717) is 5.82 Å². The van der Waals surface area contributed by atoms with Crippen molar-refractivity contribution in [1.82, 2.24) is 4.90 Å². The maximum absolute atomic E-state index is 8.85. The van der Waals surface area contributed by atoms with Crippen molar-refractivity contribution < 1.29 is 14.6 Å². The van der Waals surface area contributed by atoms with Gasteiger partial charge in [0, 0.05) is 6.20 Å². The monoisotopic (exact) mass is 202 g/mol. The smallest absolute Gasteiger partial charge is 0.271 e. The third-order valence-electron chi connectivity index (χ3n) is 1.49. The summed E-state index contributed by atoms with van der Waals surface area (Å²) < 4.78 is 9.67. The Morgan fingerprint density at radius 1 is 1.64 bits per heavy atom. The van der Waals surface area contributed by atoms with Gasteiger partial charge in [0.25, 0.3) is 6.48 Å². The molecule has 0 amide bonds. The van der Waals surface area contributed by atoms with E-state index < -0.39 is 12.7 Å². The van der Waals surface area contributed by atoms with E-state index >= 15 is 0 Å². The first-order valence-corrected chi connectivity index (χ1v) is 4.45. The molecule has 0 aliphatic carbocycles. The van der Waals surface area contributed by atoms with E-state index in [-0.39, 0.29) is 6.61 Å². The first kappa shape index (κ1) is 13.0. The Kier molecular flexibility index (Phi) is 5.94. The van der Waals surface area contributed by atoms with Gasteiger partial charge in [-0.3, -0.25) is 0 Å². The Morgan fingerprint density at radius 3 is 2.50 bits per heavy atom. The maximum Gasteiger partial charge on any atom is 0.271 e. The highest BCUT2D eigenvalue weighted by atomic mass is 16.8. The van der Waals surface area contributed by atoms with Crippen LogP contribution in [0, 0.1) is 0 Å². The van der Waals surface area contributed by atoms with Crippen LogP contribution < -0.4 is 5.73 Å². The van der Waals surface area contributed by atoms with Crippen LogP contribution in [0.4, 0.5) is 0 Å². The molecule has 1 aliphatic rings. The van der Waals surface area contributed by atoms with Gasteiger partial charge in [0.1, 0.15) is 0 Å². The van der Waals surface area contributed by atoms with Gasteiger partial charge >= 0.3 is 0 Å². The number of rotatable bonds is 3. The van der Waals surface area contributed by atoms with Crippen molar-refractivity contribution in [2.24, 2.45) is 5.73 Å². The van der Waals surface area contributed by atoms with Gasteiger partial charge < -0.3 is 25.2 Å². The molecule has 5 heteroatoms. The lowest BCUT2D eigenvalue weighted by Gasteiger charge is -2.24. The minimum absolute atomic E-state index is 0.239. The standard InChI is InChI=1S/C7H12N2O3.C2H6/c1-3-9(5(2)8)6-4-11-7(10)12-6;1-2/h3,6-7,10H,1-2,4,8H2;1-2H3. The highest BCUT2D eigenvalue weighted by molar-refractivity contribution is 4.95. The molecule has 0 aromatic carbocycles. The number of hydrogen-bond acceptors (Lipinski definition) is 5. The summed E-state index contributed by atoms with van der Waals surface area (Å²) in [6.07, 6.45) is 1.03. The van der Waals surface area contributed by atoms with E-state index in [0.717, 1.165) is 0 Å². The van der Waals surface area contributed by atoms with Crippen molar-refractivity contribution in [3.05, 3.63) is 25.2 Å². The van der Waals surface area contributed by atoms with Crippen molar-refractivity contribution in [3.8, 4) is 0 Å². The van der Waals surface area contributed by atoms with E-state index in [2.05, 4.69) is 13.2 Å². The molecule has 0 saturated carbocycles. The van der Waals surface area contributed by atoms with Gasteiger partial charge in [-0.05, 0) is 0 Å². The SMILES string of the molecule is C=CN(C(=C)N)C1COC(O)O1.CC. The zero-order valence-electron chi connectivity index (χ0n) is 8.64. The van der Waals surface area contributed by atoms with E-state index in [1.807, 2.05) is 13.8 Å². The summed E-state index contributed by atoms with van der Waals surface area (Å²) in [6, 6.07) is 0. The number of ether oxygens (including phenoxy) is 2. The summed E-state index contributed by atoms with van der Waals surface area (Å²) in [5.74, 6) is 0.299. The average molecular weight is 202 g/mol. The second kappa shape index (κ2) is 6.42. The first-order valence-electron chi connectivity index (χ1n) is 4.45. The molecule has 1 fully saturated rings. The Labute approximate surface area is 84.4 Å². The highest BCUT2D eigenvalue weighted by Crippen LogP contribution is 2.15. The fourth-order valence-corrected chi connectivity index (χ4v) is 0.943. The van der Waals surface area contributed by atoms with Crippen LogP contribution in [0.1, 0.15) is 13.8 Å². The van der Waals surface area contributed by atoms with Crippen LogP contribution in [-0.2, 0) is 9.47 Å². The van der Waals surface area contributed by atoms with Crippen LogP contribution in [-0.4, -0.2) is 29.3 Å². The Bertz CT molecular complexity index is 196. The highest BCUT2D eigenvalue weighted by Gasteiger charge is 2.28. The molecule has 0 aromatic heterocycles. The van der Waals surface area contributed by atoms with Crippen molar-refractivity contribution >= 4 is 0 Å². The molecule has 1 saturated heterocycles. The van der Waals surface area contributed by atoms with Crippen molar-refractivity contribution in [1.29, 1.82) is 0 Å². The molecular formula is C9H18N2O3. The number of nitrogens with zero attached hydrogens (tertiary/aromatic N) is 1. The summed E-state index contributed by atoms with van der Waals surface area (Å²) >= 11 is 0. The first-order chi connectivity index (χ1) is 6.65. The van der Waals surface area contributed by atoms with Crippen LogP contribution in [0.25, 0.3) is 0 Å². The maximum atomic E-state index is 8.85. The predicted octanol–water partition coefficient (Wildman–Crippen LogP) is 0.537. The molecular weight excluding hydrogens is 184 g/mol. The normalized spacial score (nSPS) is 24.8. The Morgan fingerprint density at radius 2 is 2.21 bits per heavy atom. The largest absolute Gasteiger partial charge is 0.386 e. The lowest BCUT2D eigenvalue weighted by molar-refractivity contribution is -0.212. The summed E-state index contributed by atoms with van der Waals surface area (Å²) in [4.78, 5) is 1.48. The quantitative estimate of drug-likeness (QED) is 0.699. The Hall–Kier alpha value is -1.04. The molecule has 5 nitrogen and oxygen atoms in total. The summed E-state index contributed by atoms with van der Waals surface area (Å²) in [6.45, 7) is 10.1. The fourth-order valence-electron chi connectivity index (χ4n) is 0.943. The van der Waals surface area contributed by atoms with Crippen LogP contribution in [0.3, 0.4) is 0 Å².